The summed E-state index contributed by atoms with van der Waals surface area (Å²) in [7, 11) is 0. The predicted octanol–water partition coefficient (Wildman–Crippen LogP) is 0.779. The lowest BCUT2D eigenvalue weighted by Crippen LogP contribution is -2.37. The van der Waals surface area contributed by atoms with Gasteiger partial charge >= 0.3 is 0 Å². The van der Waals surface area contributed by atoms with Crippen LogP contribution >= 0.6 is 0 Å². The molecule has 0 heterocycles. The zero-order valence-corrected chi connectivity index (χ0v) is 8.18. The van der Waals surface area contributed by atoms with Crippen LogP contribution in [0.4, 0.5) is 0 Å². The fourth-order valence-electron chi connectivity index (χ4n) is 0.602. The third kappa shape index (κ3) is 4.23. The largest absolute Gasteiger partial charge is 0.301 e. The predicted molar refractivity (Wildman–Crippen MR) is 48.0 cm³/mol. The van der Waals surface area contributed by atoms with Crippen LogP contribution in [0, 0.1) is 5.92 Å². The molecule has 0 rings (SSSR count). The van der Waals surface area contributed by atoms with Crippen molar-refractivity contribution < 1.29 is 9.59 Å². The van der Waals surface area contributed by atoms with E-state index in [0.717, 1.165) is 0 Å². The van der Waals surface area contributed by atoms with Gasteiger partial charge in [-0.25, -0.2) is 0 Å². The van der Waals surface area contributed by atoms with Crippen LogP contribution in [0.2, 0.25) is 0 Å². The molecule has 0 aliphatic carbocycles. The monoisotopic (exact) mass is 171 g/mol. The first kappa shape index (κ1) is 11.3. The highest BCUT2D eigenvalue weighted by atomic mass is 16.1. The summed E-state index contributed by atoms with van der Waals surface area (Å²) >= 11 is 0. The third-order valence-corrected chi connectivity index (χ3v) is 1.84. The van der Waals surface area contributed by atoms with Gasteiger partial charge < -0.3 is 5.32 Å². The average Bonchev–Trinajstić information content (AvgIpc) is 1.98. The molecule has 0 radical (unpaired) electrons. The summed E-state index contributed by atoms with van der Waals surface area (Å²) in [4.78, 5) is 21.8. The van der Waals surface area contributed by atoms with Crippen LogP contribution in [0.15, 0.2) is 0 Å². The Morgan fingerprint density at radius 2 is 1.75 bits per heavy atom. The molecule has 0 aliphatic heterocycles. The van der Waals surface area contributed by atoms with E-state index >= 15 is 0 Å². The van der Waals surface area contributed by atoms with Gasteiger partial charge in [0.2, 0.25) is 0 Å². The normalized spacial score (nSPS) is 13.1. The Balaban J connectivity index is 3.69. The molecule has 3 heteroatoms. The van der Waals surface area contributed by atoms with Crippen LogP contribution in [0.25, 0.3) is 0 Å². The van der Waals surface area contributed by atoms with E-state index in [4.69, 9.17) is 0 Å². The highest BCUT2D eigenvalue weighted by Gasteiger charge is 2.10. The van der Waals surface area contributed by atoms with Crippen molar-refractivity contribution in [1.82, 2.24) is 5.32 Å². The van der Waals surface area contributed by atoms with E-state index in [9.17, 15) is 9.59 Å². The van der Waals surface area contributed by atoms with Gasteiger partial charge in [0.1, 0.15) is 11.6 Å². The van der Waals surface area contributed by atoms with E-state index in [1.807, 2.05) is 13.8 Å². The lowest BCUT2D eigenvalue weighted by molar-refractivity contribution is -0.121. The van der Waals surface area contributed by atoms with Crippen molar-refractivity contribution in [1.29, 1.82) is 0 Å². The number of hydrogen-bond donors (Lipinski definition) is 1. The highest BCUT2D eigenvalue weighted by molar-refractivity contribution is 5.84. The van der Waals surface area contributed by atoms with Gasteiger partial charge in [0, 0.05) is 5.92 Å². The number of rotatable bonds is 5. The van der Waals surface area contributed by atoms with Crippen LogP contribution in [0.3, 0.4) is 0 Å². The lowest BCUT2D eigenvalue weighted by atomic mass is 10.1. The minimum atomic E-state index is -0.215. The topological polar surface area (TPSA) is 46.2 Å². The number of ketones is 2. The molecule has 0 aliphatic rings. The third-order valence-electron chi connectivity index (χ3n) is 1.84. The van der Waals surface area contributed by atoms with E-state index in [0.29, 0.717) is 6.54 Å². The Morgan fingerprint density at radius 1 is 1.25 bits per heavy atom. The van der Waals surface area contributed by atoms with Gasteiger partial charge in [0.05, 0.1) is 12.6 Å². The summed E-state index contributed by atoms with van der Waals surface area (Å²) < 4.78 is 0. The average molecular weight is 171 g/mol. The molecule has 3 nitrogen and oxygen atoms in total. The van der Waals surface area contributed by atoms with Crippen LogP contribution in [-0.2, 0) is 9.59 Å². The second-order valence-corrected chi connectivity index (χ2v) is 3.33. The maximum absolute atomic E-state index is 11.1. The fourth-order valence-corrected chi connectivity index (χ4v) is 0.602. The first-order valence-corrected chi connectivity index (χ1v) is 4.21. The molecular weight excluding hydrogens is 154 g/mol. The van der Waals surface area contributed by atoms with Crippen molar-refractivity contribution in [3.8, 4) is 0 Å². The maximum atomic E-state index is 11.1. The van der Waals surface area contributed by atoms with Crippen LogP contribution in [0.1, 0.15) is 27.7 Å². The smallest absolute Gasteiger partial charge is 0.149 e. The summed E-state index contributed by atoms with van der Waals surface area (Å²) in [5, 5.41) is 2.86. The quantitative estimate of drug-likeness (QED) is 0.665. The number of carbonyl (C=O) groups excluding carboxylic acids is 2. The Hall–Kier alpha value is -0.700. The summed E-state index contributed by atoms with van der Waals surface area (Å²) in [6.45, 7) is 7.26. The Bertz CT molecular complexity index is 175. The Kier molecular flexibility index (Phi) is 4.74. The maximum Gasteiger partial charge on any atom is 0.149 e. The van der Waals surface area contributed by atoms with E-state index < -0.39 is 0 Å². The molecule has 0 bridgehead atoms. The first-order valence-electron chi connectivity index (χ1n) is 4.21. The molecule has 0 fully saturated rings. The number of nitrogens with one attached hydrogen (secondary N) is 1. The minimum absolute atomic E-state index is 0.0386. The summed E-state index contributed by atoms with van der Waals surface area (Å²) in [6, 6.07) is -0.215. The lowest BCUT2D eigenvalue weighted by Gasteiger charge is -2.10. The van der Waals surface area contributed by atoms with E-state index in [1.54, 1.807) is 6.92 Å². The van der Waals surface area contributed by atoms with Crippen molar-refractivity contribution in [2.75, 3.05) is 6.54 Å². The molecule has 0 aromatic carbocycles. The molecule has 0 aromatic rings. The molecule has 0 aromatic heterocycles. The molecule has 12 heavy (non-hydrogen) atoms. The summed E-state index contributed by atoms with van der Waals surface area (Å²) in [5.74, 6) is 0.242. The second kappa shape index (κ2) is 5.04. The van der Waals surface area contributed by atoms with Gasteiger partial charge in [0.15, 0.2) is 0 Å². The highest BCUT2D eigenvalue weighted by Crippen LogP contribution is 1.93. The van der Waals surface area contributed by atoms with Gasteiger partial charge in [-0.15, -0.1) is 0 Å². The van der Waals surface area contributed by atoms with Crippen LogP contribution < -0.4 is 5.32 Å². The van der Waals surface area contributed by atoms with Gasteiger partial charge in [-0.2, -0.15) is 0 Å². The van der Waals surface area contributed by atoms with Gasteiger partial charge in [-0.05, 0) is 13.8 Å². The zero-order valence-electron chi connectivity index (χ0n) is 8.18. The Morgan fingerprint density at radius 3 is 2.08 bits per heavy atom. The summed E-state index contributed by atoms with van der Waals surface area (Å²) in [6.07, 6.45) is 0. The van der Waals surface area contributed by atoms with Crippen molar-refractivity contribution in [3.63, 3.8) is 0 Å². The molecule has 0 spiro atoms. The van der Waals surface area contributed by atoms with Gasteiger partial charge in [0.25, 0.3) is 0 Å². The fraction of sp³-hybridized carbons (Fsp3) is 0.778. The second-order valence-electron chi connectivity index (χ2n) is 3.33. The first-order chi connectivity index (χ1) is 5.45. The van der Waals surface area contributed by atoms with Crippen LogP contribution in [0.5, 0.6) is 0 Å². The molecule has 0 amide bonds. The van der Waals surface area contributed by atoms with Crippen LogP contribution in [-0.4, -0.2) is 24.2 Å². The number of hydrogen-bond acceptors (Lipinski definition) is 3. The van der Waals surface area contributed by atoms with Gasteiger partial charge in [-0.3, -0.25) is 9.59 Å². The van der Waals surface area contributed by atoms with Crippen molar-refractivity contribution in [2.24, 2.45) is 5.92 Å². The van der Waals surface area contributed by atoms with E-state index in [-0.39, 0.29) is 23.5 Å². The molecular formula is C9H17NO2. The van der Waals surface area contributed by atoms with E-state index in [2.05, 4.69) is 5.32 Å². The summed E-state index contributed by atoms with van der Waals surface area (Å²) in [5.41, 5.74) is 0. The molecule has 0 saturated heterocycles. The molecule has 1 atom stereocenters. The van der Waals surface area contributed by atoms with E-state index in [1.165, 1.54) is 6.92 Å². The number of Topliss-reactive ketones (excluding diaryl/α,β-unsaturated/α-hetero) is 2. The number of carbonyl (C=O) groups is 2. The van der Waals surface area contributed by atoms with Crippen molar-refractivity contribution in [2.45, 2.75) is 33.7 Å². The molecule has 1 N–H and O–H groups in total. The SMILES string of the molecule is CC(=O)C(C)NCC(=O)C(C)C. The molecule has 70 valence electrons. The molecule has 0 saturated carbocycles. The minimum Gasteiger partial charge on any atom is -0.301 e. The van der Waals surface area contributed by atoms with Crippen molar-refractivity contribution in [3.05, 3.63) is 0 Å². The van der Waals surface area contributed by atoms with Crippen molar-refractivity contribution >= 4 is 11.6 Å². The zero-order chi connectivity index (χ0) is 9.72. The standard InChI is InChI=1S/C9H17NO2/c1-6(2)9(12)5-10-7(3)8(4)11/h6-7,10H,5H2,1-4H3. The Labute approximate surface area is 73.5 Å². The molecule has 1 unspecified atom stereocenters. The van der Waals surface area contributed by atoms with Gasteiger partial charge in [-0.1, -0.05) is 13.8 Å².